The predicted octanol–water partition coefficient (Wildman–Crippen LogP) is 0.576. The van der Waals surface area contributed by atoms with Crippen LogP contribution in [0.1, 0.15) is 5.69 Å². The quantitative estimate of drug-likeness (QED) is 0.630. The maximum absolute atomic E-state index is 10.7. The van der Waals surface area contributed by atoms with E-state index in [0.29, 0.717) is 0 Å². The number of aliphatic hydroxyl groups excluding tert-OH is 1. The van der Waals surface area contributed by atoms with Crippen LogP contribution in [0.25, 0.3) is 5.69 Å². The van der Waals surface area contributed by atoms with Crippen molar-refractivity contribution in [1.29, 1.82) is 0 Å². The molecule has 0 saturated carbocycles. The zero-order valence-electron chi connectivity index (χ0n) is 9.33. The summed E-state index contributed by atoms with van der Waals surface area (Å²) in [6.07, 6.45) is 1.32. The van der Waals surface area contributed by atoms with E-state index in [9.17, 15) is 20.2 Å². The molecule has 1 N–H and O–H groups in total. The second kappa shape index (κ2) is 4.78. The van der Waals surface area contributed by atoms with Crippen LogP contribution >= 0.6 is 0 Å². The number of aliphatic hydroxyl groups is 1. The molecule has 2 aromatic rings. The fourth-order valence-electron chi connectivity index (χ4n) is 1.42. The Morgan fingerprint density at radius 2 is 1.74 bits per heavy atom. The molecule has 1 aromatic heterocycles. The minimum Gasteiger partial charge on any atom is -0.390 e. The Balaban J connectivity index is 2.55. The molecule has 10 nitrogen and oxygen atoms in total. The number of hydrogen-bond donors (Lipinski definition) is 1. The van der Waals surface area contributed by atoms with Gasteiger partial charge in [0.05, 0.1) is 34.4 Å². The van der Waals surface area contributed by atoms with Crippen molar-refractivity contribution < 1.29 is 15.0 Å². The first-order valence-electron chi connectivity index (χ1n) is 4.97. The molecule has 0 amide bonds. The summed E-state index contributed by atoms with van der Waals surface area (Å²) < 4.78 is 1.12. The summed E-state index contributed by atoms with van der Waals surface area (Å²) in [6, 6.07) is 3.11. The molecule has 0 saturated heterocycles. The molecule has 10 heteroatoms. The molecule has 0 aliphatic heterocycles. The molecule has 1 heterocycles. The Kier molecular flexibility index (Phi) is 3.16. The van der Waals surface area contributed by atoms with Gasteiger partial charge in [0, 0.05) is 12.1 Å². The molecule has 1 aromatic carbocycles. The lowest BCUT2D eigenvalue weighted by atomic mass is 10.2. The van der Waals surface area contributed by atoms with Crippen LogP contribution in [-0.4, -0.2) is 29.9 Å². The van der Waals surface area contributed by atoms with Crippen LogP contribution in [0, 0.1) is 20.2 Å². The van der Waals surface area contributed by atoms with E-state index in [0.717, 1.165) is 22.9 Å². The number of nitrogens with zero attached hydrogens (tertiary/aromatic N) is 5. The molecule has 0 radical (unpaired) electrons. The Morgan fingerprint density at radius 3 is 2.16 bits per heavy atom. The molecule has 0 aliphatic rings. The van der Waals surface area contributed by atoms with Crippen molar-refractivity contribution in [1.82, 2.24) is 15.0 Å². The van der Waals surface area contributed by atoms with Crippen LogP contribution in [0.4, 0.5) is 11.4 Å². The molecule has 0 aliphatic carbocycles. The van der Waals surface area contributed by atoms with Gasteiger partial charge in [-0.05, 0) is 0 Å². The highest BCUT2D eigenvalue weighted by Crippen LogP contribution is 2.24. The Morgan fingerprint density at radius 1 is 1.16 bits per heavy atom. The maximum Gasteiger partial charge on any atom is 0.278 e. The molecule has 98 valence electrons. The van der Waals surface area contributed by atoms with Crippen LogP contribution in [0.3, 0.4) is 0 Å². The van der Waals surface area contributed by atoms with E-state index in [1.807, 2.05) is 0 Å². The zero-order valence-corrected chi connectivity index (χ0v) is 9.33. The smallest absolute Gasteiger partial charge is 0.278 e. The summed E-state index contributed by atoms with van der Waals surface area (Å²) in [7, 11) is 0. The van der Waals surface area contributed by atoms with Gasteiger partial charge < -0.3 is 5.11 Å². The van der Waals surface area contributed by atoms with Gasteiger partial charge in [-0.15, -0.1) is 5.10 Å². The molecular formula is C9H7N5O5. The number of benzene rings is 1. The van der Waals surface area contributed by atoms with Gasteiger partial charge in [0.1, 0.15) is 5.69 Å². The lowest BCUT2D eigenvalue weighted by molar-refractivity contribution is -0.394. The highest BCUT2D eigenvalue weighted by atomic mass is 16.6. The number of hydrogen-bond acceptors (Lipinski definition) is 7. The van der Waals surface area contributed by atoms with Crippen molar-refractivity contribution in [3.8, 4) is 5.69 Å². The van der Waals surface area contributed by atoms with Crippen molar-refractivity contribution in [2.24, 2.45) is 0 Å². The lowest BCUT2D eigenvalue weighted by Crippen LogP contribution is -1.99. The molecule has 0 spiro atoms. The van der Waals surface area contributed by atoms with Crippen LogP contribution < -0.4 is 0 Å². The van der Waals surface area contributed by atoms with E-state index >= 15 is 0 Å². The molecule has 2 rings (SSSR count). The van der Waals surface area contributed by atoms with Gasteiger partial charge in [-0.3, -0.25) is 20.2 Å². The van der Waals surface area contributed by atoms with Crippen molar-refractivity contribution in [3.05, 3.63) is 50.3 Å². The number of aromatic nitrogens is 3. The molecule has 0 bridgehead atoms. The van der Waals surface area contributed by atoms with E-state index in [2.05, 4.69) is 10.3 Å². The first kappa shape index (κ1) is 12.6. The fraction of sp³-hybridized carbons (Fsp3) is 0.111. The third kappa shape index (κ3) is 2.52. The second-order valence-corrected chi connectivity index (χ2v) is 3.53. The van der Waals surface area contributed by atoms with Crippen molar-refractivity contribution in [3.63, 3.8) is 0 Å². The number of rotatable bonds is 4. The van der Waals surface area contributed by atoms with Crippen LogP contribution in [0.5, 0.6) is 0 Å². The molecule has 19 heavy (non-hydrogen) atoms. The molecular weight excluding hydrogens is 258 g/mol. The minimum atomic E-state index is -0.736. The highest BCUT2D eigenvalue weighted by molar-refractivity contribution is 5.52. The predicted molar refractivity (Wildman–Crippen MR) is 60.6 cm³/mol. The van der Waals surface area contributed by atoms with Crippen molar-refractivity contribution >= 4 is 11.4 Å². The average molecular weight is 265 g/mol. The summed E-state index contributed by atoms with van der Waals surface area (Å²) in [5, 5.41) is 37.5. The summed E-state index contributed by atoms with van der Waals surface area (Å²) in [4.78, 5) is 20.0. The Hall–Kier alpha value is -2.88. The van der Waals surface area contributed by atoms with E-state index in [4.69, 9.17) is 5.11 Å². The van der Waals surface area contributed by atoms with Crippen LogP contribution in [0.15, 0.2) is 24.4 Å². The Bertz CT molecular complexity index is 620. The maximum atomic E-state index is 10.7. The van der Waals surface area contributed by atoms with Crippen molar-refractivity contribution in [2.75, 3.05) is 0 Å². The van der Waals surface area contributed by atoms with Crippen LogP contribution in [-0.2, 0) is 6.61 Å². The zero-order chi connectivity index (χ0) is 14.0. The topological polar surface area (TPSA) is 137 Å². The molecule has 0 unspecified atom stereocenters. The van der Waals surface area contributed by atoms with Gasteiger partial charge >= 0.3 is 0 Å². The standard InChI is InChI=1S/C9H7N5O5/c15-5-6-4-12(11-10-6)7-1-8(13(16)17)3-9(2-7)14(18)19/h1-4,15H,5H2. The largest absolute Gasteiger partial charge is 0.390 e. The van der Waals surface area contributed by atoms with Gasteiger partial charge in [-0.2, -0.15) is 0 Å². The Labute approximate surface area is 105 Å². The van der Waals surface area contributed by atoms with E-state index < -0.39 is 21.2 Å². The fourth-order valence-corrected chi connectivity index (χ4v) is 1.42. The monoisotopic (exact) mass is 265 g/mol. The van der Waals surface area contributed by atoms with Crippen LogP contribution in [0.2, 0.25) is 0 Å². The summed E-state index contributed by atoms with van der Waals surface area (Å²) in [5.74, 6) is 0. The third-order valence-electron chi connectivity index (χ3n) is 2.28. The number of nitro benzene ring substituents is 2. The lowest BCUT2D eigenvalue weighted by Gasteiger charge is -2.00. The van der Waals surface area contributed by atoms with Gasteiger partial charge in [0.15, 0.2) is 0 Å². The molecule has 0 fully saturated rings. The van der Waals surface area contributed by atoms with Gasteiger partial charge in [0.25, 0.3) is 11.4 Å². The van der Waals surface area contributed by atoms with E-state index in [-0.39, 0.29) is 18.0 Å². The van der Waals surface area contributed by atoms with Gasteiger partial charge in [0.2, 0.25) is 0 Å². The highest BCUT2D eigenvalue weighted by Gasteiger charge is 2.17. The van der Waals surface area contributed by atoms with Gasteiger partial charge in [-0.25, -0.2) is 4.68 Å². The van der Waals surface area contributed by atoms with E-state index in [1.165, 1.54) is 6.20 Å². The third-order valence-corrected chi connectivity index (χ3v) is 2.28. The second-order valence-electron chi connectivity index (χ2n) is 3.53. The SMILES string of the molecule is O=[N+]([O-])c1cc(-n2cc(CO)nn2)cc([N+](=O)[O-])c1. The number of nitro groups is 2. The normalized spacial score (nSPS) is 10.4. The summed E-state index contributed by atoms with van der Waals surface area (Å²) in [5.41, 5.74) is -0.488. The van der Waals surface area contributed by atoms with Gasteiger partial charge in [-0.1, -0.05) is 5.21 Å². The van der Waals surface area contributed by atoms with Crippen molar-refractivity contribution in [2.45, 2.75) is 6.61 Å². The summed E-state index contributed by atoms with van der Waals surface area (Å²) >= 11 is 0. The number of non-ortho nitro benzene ring substituents is 2. The average Bonchev–Trinajstić information content (AvgIpc) is 2.86. The summed E-state index contributed by atoms with van der Waals surface area (Å²) in [6.45, 7) is -0.350. The minimum absolute atomic E-state index is 0.119. The first-order chi connectivity index (χ1) is 9.01. The van der Waals surface area contributed by atoms with E-state index in [1.54, 1.807) is 0 Å². The first-order valence-corrected chi connectivity index (χ1v) is 4.97. The molecule has 0 atom stereocenters.